The Labute approximate surface area is 102 Å². The molecule has 0 aliphatic carbocycles. The Balaban J connectivity index is 2.43. The predicted octanol–water partition coefficient (Wildman–Crippen LogP) is 3.59. The van der Waals surface area contributed by atoms with Crippen LogP contribution in [0.3, 0.4) is 0 Å². The van der Waals surface area contributed by atoms with E-state index < -0.39 is 0 Å². The maximum absolute atomic E-state index is 11.6. The lowest BCUT2D eigenvalue weighted by atomic mass is 10.1. The van der Waals surface area contributed by atoms with Crippen molar-refractivity contribution in [3.05, 3.63) is 52.4 Å². The summed E-state index contributed by atoms with van der Waals surface area (Å²) in [6, 6.07) is 7.06. The third-order valence-corrected chi connectivity index (χ3v) is 2.73. The van der Waals surface area contributed by atoms with Gasteiger partial charge >= 0.3 is 0 Å². The molecule has 82 valence electrons. The van der Waals surface area contributed by atoms with Gasteiger partial charge in [-0.2, -0.15) is 0 Å². The second kappa shape index (κ2) is 5.12. The Bertz CT molecular complexity index is 569. The molecule has 1 heterocycles. The van der Waals surface area contributed by atoms with Gasteiger partial charge in [-0.15, -0.1) is 0 Å². The first kappa shape index (κ1) is 11.1. The molecule has 0 aliphatic heterocycles. The highest BCUT2D eigenvalue weighted by Crippen LogP contribution is 2.13. The van der Waals surface area contributed by atoms with Crippen LogP contribution in [0.25, 0.3) is 17.0 Å². The predicted molar refractivity (Wildman–Crippen MR) is 69.9 cm³/mol. The van der Waals surface area contributed by atoms with Crippen molar-refractivity contribution in [2.75, 3.05) is 5.33 Å². The lowest BCUT2D eigenvalue weighted by Crippen LogP contribution is -1.97. The molecule has 0 spiro atoms. The molecule has 0 fully saturated rings. The molecule has 1 aromatic heterocycles. The minimum atomic E-state index is -0.00279. The summed E-state index contributed by atoms with van der Waals surface area (Å²) in [5.74, 6) is 0. The molecule has 2 rings (SSSR count). The molecule has 0 unspecified atom stereocenters. The summed E-state index contributed by atoms with van der Waals surface area (Å²) in [4.78, 5) is 11.6. The molecule has 0 aliphatic rings. The first-order chi connectivity index (χ1) is 7.81. The molecule has 2 nitrogen and oxygen atoms in total. The fraction of sp³-hybridized carbons (Fsp3) is 0.154. The number of hydrogen-bond donors (Lipinski definition) is 0. The van der Waals surface area contributed by atoms with E-state index in [1.807, 2.05) is 24.3 Å². The Morgan fingerprint density at radius 2 is 2.19 bits per heavy atom. The quantitative estimate of drug-likeness (QED) is 0.804. The summed E-state index contributed by atoms with van der Waals surface area (Å²) in [5.41, 5.74) is 1.65. The van der Waals surface area contributed by atoms with E-state index in [-0.39, 0.29) is 5.43 Å². The zero-order valence-electron chi connectivity index (χ0n) is 8.65. The standard InChI is InChI=1S/C13H11BrO2/c14-7-2-1-3-10-4-5-13-11(9-10)12(15)6-8-16-13/h1,3-6,8-9H,2,7H2. The maximum Gasteiger partial charge on any atom is 0.192 e. The van der Waals surface area contributed by atoms with Gasteiger partial charge in [-0.05, 0) is 24.1 Å². The van der Waals surface area contributed by atoms with Gasteiger partial charge in [0.15, 0.2) is 5.43 Å². The highest BCUT2D eigenvalue weighted by Gasteiger charge is 1.99. The van der Waals surface area contributed by atoms with E-state index in [9.17, 15) is 4.79 Å². The normalized spacial score (nSPS) is 11.3. The van der Waals surface area contributed by atoms with Crippen LogP contribution in [0.2, 0.25) is 0 Å². The average Bonchev–Trinajstić information content (AvgIpc) is 2.30. The molecule has 3 heteroatoms. The lowest BCUT2D eigenvalue weighted by molar-refractivity contribution is 0.602. The van der Waals surface area contributed by atoms with E-state index in [0.717, 1.165) is 17.3 Å². The third kappa shape index (κ3) is 2.42. The van der Waals surface area contributed by atoms with E-state index in [1.54, 1.807) is 0 Å². The van der Waals surface area contributed by atoms with Crippen molar-refractivity contribution < 1.29 is 4.42 Å². The number of fused-ring (bicyclic) bond motifs is 1. The first-order valence-corrected chi connectivity index (χ1v) is 6.17. The average molecular weight is 279 g/mol. The number of rotatable bonds is 3. The van der Waals surface area contributed by atoms with Crippen LogP contribution in [0.15, 0.2) is 45.8 Å². The van der Waals surface area contributed by atoms with Crippen LogP contribution >= 0.6 is 15.9 Å². The zero-order valence-corrected chi connectivity index (χ0v) is 10.2. The van der Waals surface area contributed by atoms with Crippen LogP contribution in [0.4, 0.5) is 0 Å². The summed E-state index contributed by atoms with van der Waals surface area (Å²) in [5, 5.41) is 1.57. The van der Waals surface area contributed by atoms with Crippen LogP contribution in [-0.4, -0.2) is 5.33 Å². The summed E-state index contributed by atoms with van der Waals surface area (Å²) in [7, 11) is 0. The molecule has 0 saturated heterocycles. The number of benzene rings is 1. The topological polar surface area (TPSA) is 30.2 Å². The van der Waals surface area contributed by atoms with Crippen molar-refractivity contribution in [3.8, 4) is 0 Å². The number of allylic oxidation sites excluding steroid dienone is 1. The van der Waals surface area contributed by atoms with E-state index in [2.05, 4.69) is 22.0 Å². The number of alkyl halides is 1. The van der Waals surface area contributed by atoms with Crippen LogP contribution in [0.5, 0.6) is 0 Å². The molecule has 0 saturated carbocycles. The largest absolute Gasteiger partial charge is 0.464 e. The Morgan fingerprint density at radius 3 is 3.00 bits per heavy atom. The SMILES string of the molecule is O=c1ccoc2ccc(C=CCCBr)cc12. The summed E-state index contributed by atoms with van der Waals surface area (Å²) in [6.45, 7) is 0. The monoisotopic (exact) mass is 278 g/mol. The fourth-order valence-electron chi connectivity index (χ4n) is 1.49. The highest BCUT2D eigenvalue weighted by atomic mass is 79.9. The van der Waals surface area contributed by atoms with Crippen molar-refractivity contribution >= 4 is 33.0 Å². The van der Waals surface area contributed by atoms with Crippen molar-refractivity contribution in [2.24, 2.45) is 0 Å². The fourth-order valence-corrected chi connectivity index (χ4v) is 1.75. The molecule has 16 heavy (non-hydrogen) atoms. The molecular weight excluding hydrogens is 268 g/mol. The second-order valence-corrected chi connectivity index (χ2v) is 4.21. The number of hydrogen-bond acceptors (Lipinski definition) is 2. The summed E-state index contributed by atoms with van der Waals surface area (Å²) < 4.78 is 5.24. The van der Waals surface area contributed by atoms with Gasteiger partial charge in [0.05, 0.1) is 11.6 Å². The smallest absolute Gasteiger partial charge is 0.192 e. The van der Waals surface area contributed by atoms with Crippen molar-refractivity contribution in [1.29, 1.82) is 0 Å². The van der Waals surface area contributed by atoms with Crippen LogP contribution in [0, 0.1) is 0 Å². The molecule has 1 aromatic carbocycles. The Kier molecular flexibility index (Phi) is 3.57. The lowest BCUT2D eigenvalue weighted by Gasteiger charge is -1.97. The molecular formula is C13H11BrO2. The zero-order chi connectivity index (χ0) is 11.4. The number of halogens is 1. The Hall–Kier alpha value is -1.35. The van der Waals surface area contributed by atoms with Gasteiger partial charge in [0.1, 0.15) is 5.58 Å². The van der Waals surface area contributed by atoms with Crippen LogP contribution < -0.4 is 5.43 Å². The van der Waals surface area contributed by atoms with E-state index in [4.69, 9.17) is 4.42 Å². The molecule has 0 atom stereocenters. The molecule has 0 bridgehead atoms. The minimum absolute atomic E-state index is 0.00279. The van der Waals surface area contributed by atoms with Gasteiger partial charge in [-0.1, -0.05) is 34.1 Å². The first-order valence-electron chi connectivity index (χ1n) is 5.05. The van der Waals surface area contributed by atoms with Crippen molar-refractivity contribution in [2.45, 2.75) is 6.42 Å². The van der Waals surface area contributed by atoms with Gasteiger partial charge in [0.25, 0.3) is 0 Å². The summed E-state index contributed by atoms with van der Waals surface area (Å²) in [6.07, 6.45) is 6.47. The highest BCUT2D eigenvalue weighted by molar-refractivity contribution is 9.09. The summed E-state index contributed by atoms with van der Waals surface area (Å²) >= 11 is 3.36. The maximum atomic E-state index is 11.6. The van der Waals surface area contributed by atoms with E-state index in [0.29, 0.717) is 11.0 Å². The van der Waals surface area contributed by atoms with Gasteiger partial charge in [0, 0.05) is 11.4 Å². The van der Waals surface area contributed by atoms with Gasteiger partial charge in [-0.3, -0.25) is 4.79 Å². The van der Waals surface area contributed by atoms with Gasteiger partial charge in [-0.25, -0.2) is 0 Å². The van der Waals surface area contributed by atoms with E-state index in [1.165, 1.54) is 12.3 Å². The van der Waals surface area contributed by atoms with Gasteiger partial charge in [0.2, 0.25) is 0 Å². The molecule has 0 N–H and O–H groups in total. The van der Waals surface area contributed by atoms with Crippen molar-refractivity contribution in [3.63, 3.8) is 0 Å². The van der Waals surface area contributed by atoms with Crippen molar-refractivity contribution in [1.82, 2.24) is 0 Å². The minimum Gasteiger partial charge on any atom is -0.464 e. The van der Waals surface area contributed by atoms with Crippen LogP contribution in [0.1, 0.15) is 12.0 Å². The van der Waals surface area contributed by atoms with E-state index >= 15 is 0 Å². The Morgan fingerprint density at radius 1 is 1.31 bits per heavy atom. The van der Waals surface area contributed by atoms with Gasteiger partial charge < -0.3 is 4.42 Å². The molecule has 0 amide bonds. The molecule has 2 aromatic rings. The second-order valence-electron chi connectivity index (χ2n) is 3.42. The molecule has 0 radical (unpaired) electrons. The third-order valence-electron chi connectivity index (χ3n) is 2.27. The van der Waals surface area contributed by atoms with Crippen LogP contribution in [-0.2, 0) is 0 Å².